The summed E-state index contributed by atoms with van der Waals surface area (Å²) in [7, 11) is 0. The molecule has 0 aliphatic carbocycles. The monoisotopic (exact) mass is 446 g/mol. The third kappa shape index (κ3) is 7.43. The summed E-state index contributed by atoms with van der Waals surface area (Å²) in [6.45, 7) is 14.1. The first kappa shape index (κ1) is 22.6. The molecular weight excluding hydrogens is 408 g/mol. The van der Waals surface area contributed by atoms with Crippen LogP contribution in [0, 0.1) is 13.8 Å². The standard InChI is InChI=1S/C24H38N4O4/c1-17-23(5-3-7-27(9-19-13-29-19)10-20-14-30-20)26-18(2)24(25-17)6-4-8-28(11-21-15-31-21)12-22-16-32-22/h19-22H,3-16H2,1-2H3. The largest absolute Gasteiger partial charge is 0.372 e. The third-order valence-corrected chi connectivity index (χ3v) is 6.67. The van der Waals surface area contributed by atoms with Crippen molar-refractivity contribution in [2.24, 2.45) is 0 Å². The van der Waals surface area contributed by atoms with Crippen LogP contribution in [-0.2, 0) is 31.8 Å². The Balaban J connectivity index is 1.07. The highest BCUT2D eigenvalue weighted by atomic mass is 16.6. The van der Waals surface area contributed by atoms with Crippen LogP contribution in [0.5, 0.6) is 0 Å². The molecule has 1 aromatic rings. The number of nitrogens with zero attached hydrogens (tertiary/aromatic N) is 4. The molecule has 4 atom stereocenters. The van der Waals surface area contributed by atoms with Crippen LogP contribution in [0.25, 0.3) is 0 Å². The van der Waals surface area contributed by atoms with Crippen molar-refractivity contribution in [2.75, 3.05) is 65.7 Å². The van der Waals surface area contributed by atoms with Gasteiger partial charge in [-0.15, -0.1) is 0 Å². The fourth-order valence-electron chi connectivity index (χ4n) is 4.47. The number of aryl methyl sites for hydroxylation is 4. The Bertz CT molecular complexity index is 671. The van der Waals surface area contributed by atoms with Gasteiger partial charge in [-0.1, -0.05) is 0 Å². The molecule has 4 fully saturated rings. The third-order valence-electron chi connectivity index (χ3n) is 6.67. The molecule has 0 spiro atoms. The Morgan fingerprint density at radius 2 is 0.938 bits per heavy atom. The van der Waals surface area contributed by atoms with Gasteiger partial charge in [-0.3, -0.25) is 19.8 Å². The topological polar surface area (TPSA) is 82.4 Å². The minimum Gasteiger partial charge on any atom is -0.372 e. The fraction of sp³-hybridized carbons (Fsp3) is 0.833. The minimum atomic E-state index is 0.432. The van der Waals surface area contributed by atoms with E-state index in [1.807, 2.05) is 0 Å². The van der Waals surface area contributed by atoms with Gasteiger partial charge in [-0.25, -0.2) is 0 Å². The quantitative estimate of drug-likeness (QED) is 0.350. The summed E-state index contributed by atoms with van der Waals surface area (Å²) in [6.07, 6.45) is 5.86. The van der Waals surface area contributed by atoms with Crippen molar-refractivity contribution >= 4 is 0 Å². The van der Waals surface area contributed by atoms with E-state index in [0.29, 0.717) is 24.4 Å². The first-order valence-corrected chi connectivity index (χ1v) is 12.4. The Hall–Kier alpha value is -1.16. The van der Waals surface area contributed by atoms with Crippen LogP contribution in [0.1, 0.15) is 35.6 Å². The summed E-state index contributed by atoms with van der Waals surface area (Å²) < 4.78 is 21.7. The highest BCUT2D eigenvalue weighted by Gasteiger charge is 2.31. The summed E-state index contributed by atoms with van der Waals surface area (Å²) in [5, 5.41) is 0. The average molecular weight is 447 g/mol. The highest BCUT2D eigenvalue weighted by Crippen LogP contribution is 2.19. The number of rotatable bonds is 16. The molecule has 0 N–H and O–H groups in total. The Labute approximate surface area is 191 Å². The van der Waals surface area contributed by atoms with Crippen LogP contribution >= 0.6 is 0 Å². The predicted molar refractivity (Wildman–Crippen MR) is 120 cm³/mol. The predicted octanol–water partition coefficient (Wildman–Crippen LogP) is 1.16. The maximum absolute atomic E-state index is 5.42. The molecule has 5 rings (SSSR count). The van der Waals surface area contributed by atoms with Crippen molar-refractivity contribution in [3.63, 3.8) is 0 Å². The second kappa shape index (κ2) is 10.4. The van der Waals surface area contributed by atoms with Gasteiger partial charge in [-0.2, -0.15) is 0 Å². The molecule has 4 unspecified atom stereocenters. The number of epoxide rings is 4. The van der Waals surface area contributed by atoms with E-state index >= 15 is 0 Å². The number of hydrogen-bond donors (Lipinski definition) is 0. The molecule has 0 radical (unpaired) electrons. The van der Waals surface area contributed by atoms with Gasteiger partial charge in [0.15, 0.2) is 0 Å². The molecule has 0 aromatic carbocycles. The van der Waals surface area contributed by atoms with Gasteiger partial charge < -0.3 is 18.9 Å². The molecule has 0 bridgehead atoms. The van der Waals surface area contributed by atoms with E-state index in [1.165, 1.54) is 0 Å². The van der Waals surface area contributed by atoms with Crippen molar-refractivity contribution in [3.05, 3.63) is 22.8 Å². The highest BCUT2D eigenvalue weighted by molar-refractivity contribution is 5.19. The molecule has 8 heteroatoms. The van der Waals surface area contributed by atoms with E-state index in [4.69, 9.17) is 28.9 Å². The van der Waals surface area contributed by atoms with Crippen molar-refractivity contribution in [2.45, 2.75) is 63.9 Å². The van der Waals surface area contributed by atoms with Gasteiger partial charge in [0.1, 0.15) is 0 Å². The van der Waals surface area contributed by atoms with Crippen molar-refractivity contribution in [3.8, 4) is 0 Å². The summed E-state index contributed by atoms with van der Waals surface area (Å²) in [4.78, 5) is 14.9. The molecule has 8 nitrogen and oxygen atoms in total. The van der Waals surface area contributed by atoms with E-state index in [9.17, 15) is 0 Å². The fourth-order valence-corrected chi connectivity index (χ4v) is 4.47. The molecule has 5 heterocycles. The molecule has 1 aromatic heterocycles. The zero-order valence-corrected chi connectivity index (χ0v) is 19.6. The van der Waals surface area contributed by atoms with Crippen LogP contribution in [0.4, 0.5) is 0 Å². The van der Waals surface area contributed by atoms with Gasteiger partial charge in [-0.05, 0) is 52.6 Å². The zero-order chi connectivity index (χ0) is 21.9. The Kier molecular flexibility index (Phi) is 7.36. The van der Waals surface area contributed by atoms with Gasteiger partial charge >= 0.3 is 0 Å². The van der Waals surface area contributed by atoms with Crippen LogP contribution in [0.15, 0.2) is 0 Å². The maximum atomic E-state index is 5.42. The zero-order valence-electron chi connectivity index (χ0n) is 19.6. The van der Waals surface area contributed by atoms with Gasteiger partial charge in [0.25, 0.3) is 0 Å². The van der Waals surface area contributed by atoms with E-state index < -0.39 is 0 Å². The molecule has 32 heavy (non-hydrogen) atoms. The first-order valence-electron chi connectivity index (χ1n) is 12.4. The minimum absolute atomic E-state index is 0.432. The summed E-state index contributed by atoms with van der Waals surface area (Å²) in [5.41, 5.74) is 4.47. The van der Waals surface area contributed by atoms with Crippen LogP contribution in [-0.4, -0.2) is 110 Å². The van der Waals surface area contributed by atoms with E-state index in [2.05, 4.69) is 23.6 Å². The molecular formula is C24H38N4O4. The molecule has 178 valence electrons. The lowest BCUT2D eigenvalue weighted by Gasteiger charge is -2.21. The molecule has 4 saturated heterocycles. The summed E-state index contributed by atoms with van der Waals surface area (Å²) in [5.74, 6) is 0. The van der Waals surface area contributed by atoms with E-state index in [0.717, 1.165) is 114 Å². The van der Waals surface area contributed by atoms with Crippen LogP contribution in [0.2, 0.25) is 0 Å². The second-order valence-electron chi connectivity index (χ2n) is 9.84. The average Bonchev–Trinajstić information content (AvgIpc) is 3.60. The lowest BCUT2D eigenvalue weighted by atomic mass is 10.1. The molecule has 4 aliphatic rings. The van der Waals surface area contributed by atoms with Crippen LogP contribution in [0.3, 0.4) is 0 Å². The second-order valence-corrected chi connectivity index (χ2v) is 9.84. The first-order chi connectivity index (χ1) is 15.6. The lowest BCUT2D eigenvalue weighted by molar-refractivity contribution is 0.217. The van der Waals surface area contributed by atoms with Crippen molar-refractivity contribution in [1.29, 1.82) is 0 Å². The van der Waals surface area contributed by atoms with Crippen molar-refractivity contribution in [1.82, 2.24) is 19.8 Å². The van der Waals surface area contributed by atoms with Crippen LogP contribution < -0.4 is 0 Å². The number of aromatic nitrogens is 2. The van der Waals surface area contributed by atoms with Gasteiger partial charge in [0, 0.05) is 26.2 Å². The Morgan fingerprint density at radius 3 is 1.22 bits per heavy atom. The lowest BCUT2D eigenvalue weighted by Crippen LogP contribution is -2.33. The summed E-state index contributed by atoms with van der Waals surface area (Å²) in [6, 6.07) is 0. The number of hydrogen-bond acceptors (Lipinski definition) is 8. The summed E-state index contributed by atoms with van der Waals surface area (Å²) >= 11 is 0. The smallest absolute Gasteiger partial charge is 0.0936 e. The molecule has 0 saturated carbocycles. The normalized spacial score (nSPS) is 27.9. The van der Waals surface area contributed by atoms with E-state index in [1.54, 1.807) is 0 Å². The van der Waals surface area contributed by atoms with Crippen molar-refractivity contribution < 1.29 is 18.9 Å². The maximum Gasteiger partial charge on any atom is 0.0936 e. The van der Waals surface area contributed by atoms with E-state index in [-0.39, 0.29) is 0 Å². The van der Waals surface area contributed by atoms with Gasteiger partial charge in [0.05, 0.1) is 73.6 Å². The SMILES string of the molecule is Cc1nc(CCCN(CC2CO2)CC2CO2)c(C)nc1CCCN(CC1CO1)CC1CO1. The molecule has 4 aliphatic heterocycles. The number of ether oxygens (including phenoxy) is 4. The van der Waals surface area contributed by atoms with Gasteiger partial charge in [0.2, 0.25) is 0 Å². The Morgan fingerprint density at radius 1 is 0.625 bits per heavy atom. The molecule has 0 amide bonds.